The number of aliphatic hydroxyl groups is 1. The van der Waals surface area contributed by atoms with Crippen molar-refractivity contribution < 1.29 is 34.8 Å². The zero-order chi connectivity index (χ0) is 24.9. The fourth-order valence-corrected chi connectivity index (χ4v) is 6.62. The number of phenols is 1. The molecule has 180 valence electrons. The molecule has 2 aromatic rings. The van der Waals surface area contributed by atoms with E-state index < -0.39 is 30.1 Å². The number of carboxylic acids is 2. The van der Waals surface area contributed by atoms with Crippen LogP contribution in [0.3, 0.4) is 0 Å². The van der Waals surface area contributed by atoms with Gasteiger partial charge in [-0.05, 0) is 127 Å². The maximum Gasteiger partial charge on any atom is 0.320 e. The molecule has 1 aliphatic rings. The van der Waals surface area contributed by atoms with E-state index in [-0.39, 0.29) is 12.2 Å². The summed E-state index contributed by atoms with van der Waals surface area (Å²) in [6.45, 7) is 0.400. The van der Waals surface area contributed by atoms with Gasteiger partial charge in [0.25, 0.3) is 0 Å². The van der Waals surface area contributed by atoms with Gasteiger partial charge < -0.3 is 36.2 Å². The number of aliphatic carboxylic acids is 2. The first kappa shape index (κ1) is 29.0. The van der Waals surface area contributed by atoms with Gasteiger partial charge in [0.1, 0.15) is 23.6 Å². The molecular weight excluding hydrogens is 888 g/mol. The number of hydrogen-bond donors (Lipinski definition) is 6. The van der Waals surface area contributed by atoms with Crippen molar-refractivity contribution in [2.45, 2.75) is 31.0 Å². The molecule has 0 aromatic heterocycles. The highest BCUT2D eigenvalue weighted by Gasteiger charge is 2.27. The summed E-state index contributed by atoms with van der Waals surface area (Å²) in [6.07, 6.45) is 0.109. The van der Waals surface area contributed by atoms with Crippen LogP contribution >= 0.6 is 90.4 Å². The third kappa shape index (κ3) is 8.74. The second-order valence-electron chi connectivity index (χ2n) is 7.06. The summed E-state index contributed by atoms with van der Waals surface area (Å²) in [7, 11) is 0. The molecule has 2 aromatic carbocycles. The molecule has 0 amide bonds. The SMILES string of the molecule is NC(Cc1cc(I)c(Oc2cc(I)c(O)c(I)c2)c(I)c1)C(=O)O.O=C(O)C1CC(O)CN1. The highest BCUT2D eigenvalue weighted by molar-refractivity contribution is 14.1. The van der Waals surface area contributed by atoms with Crippen LogP contribution in [0.4, 0.5) is 0 Å². The number of benzene rings is 2. The van der Waals surface area contributed by atoms with Crippen LogP contribution in [0.2, 0.25) is 0 Å². The fourth-order valence-electron chi connectivity index (χ4n) is 2.79. The first-order valence-corrected chi connectivity index (χ1v) is 13.7. The number of β-amino-alcohol motifs (C(OH)–C–C–N with tert-alkyl or cyclic N) is 1. The number of carboxylic acid groups (broad SMARTS) is 2. The maximum absolute atomic E-state index is 10.9. The van der Waals surface area contributed by atoms with Crippen LogP contribution in [0.5, 0.6) is 17.2 Å². The van der Waals surface area contributed by atoms with Crippen LogP contribution < -0.4 is 15.8 Å². The Bertz CT molecular complexity index is 991. The smallest absolute Gasteiger partial charge is 0.320 e. The van der Waals surface area contributed by atoms with Crippen molar-refractivity contribution in [3.05, 3.63) is 44.1 Å². The van der Waals surface area contributed by atoms with Gasteiger partial charge in [-0.2, -0.15) is 0 Å². The predicted octanol–water partition coefficient (Wildman–Crippen LogP) is 3.35. The second kappa shape index (κ2) is 13.2. The Balaban J connectivity index is 0.000000357. The lowest BCUT2D eigenvalue weighted by Crippen LogP contribution is -2.32. The normalized spacial score (nSPS) is 18.2. The third-order valence-corrected chi connectivity index (χ3v) is 7.69. The van der Waals surface area contributed by atoms with Crippen LogP contribution in [0, 0.1) is 14.3 Å². The van der Waals surface area contributed by atoms with Gasteiger partial charge in [-0.1, -0.05) is 0 Å². The lowest BCUT2D eigenvalue weighted by molar-refractivity contribution is -0.139. The van der Waals surface area contributed by atoms with Crippen LogP contribution in [0.15, 0.2) is 24.3 Å². The van der Waals surface area contributed by atoms with Crippen molar-refractivity contribution >= 4 is 102 Å². The van der Waals surface area contributed by atoms with Gasteiger partial charge >= 0.3 is 11.9 Å². The molecule has 3 rings (SSSR count). The van der Waals surface area contributed by atoms with Gasteiger partial charge in [0, 0.05) is 13.0 Å². The Morgan fingerprint density at radius 3 is 2.00 bits per heavy atom. The van der Waals surface area contributed by atoms with E-state index in [4.69, 9.17) is 25.8 Å². The molecule has 0 saturated carbocycles. The number of rotatable bonds is 6. The fraction of sp³-hybridized carbons (Fsp3) is 0.300. The summed E-state index contributed by atoms with van der Waals surface area (Å²) in [4.78, 5) is 21.1. The van der Waals surface area contributed by atoms with Crippen LogP contribution in [-0.4, -0.2) is 57.1 Å². The number of aliphatic hydroxyl groups excluding tert-OH is 1. The van der Waals surface area contributed by atoms with Gasteiger partial charge in [-0.15, -0.1) is 0 Å². The minimum absolute atomic E-state index is 0.242. The van der Waals surface area contributed by atoms with Crippen molar-refractivity contribution in [1.29, 1.82) is 0 Å². The Morgan fingerprint density at radius 1 is 1.06 bits per heavy atom. The molecule has 3 unspecified atom stereocenters. The predicted molar refractivity (Wildman–Crippen MR) is 155 cm³/mol. The van der Waals surface area contributed by atoms with E-state index >= 15 is 0 Å². The van der Waals surface area contributed by atoms with E-state index in [2.05, 4.69) is 95.7 Å². The minimum atomic E-state index is -1.02. The van der Waals surface area contributed by atoms with Crippen molar-refractivity contribution in [3.63, 3.8) is 0 Å². The Labute approximate surface area is 244 Å². The van der Waals surface area contributed by atoms with Gasteiger partial charge in [0.2, 0.25) is 0 Å². The molecule has 1 aliphatic heterocycles. The average molecular weight is 908 g/mol. The second-order valence-corrected chi connectivity index (χ2v) is 11.7. The quantitative estimate of drug-likeness (QED) is 0.239. The number of hydrogen-bond acceptors (Lipinski definition) is 7. The summed E-state index contributed by atoms with van der Waals surface area (Å²) in [5.41, 5.74) is 6.44. The van der Waals surface area contributed by atoms with Crippen molar-refractivity contribution in [1.82, 2.24) is 5.32 Å². The van der Waals surface area contributed by atoms with Gasteiger partial charge in [0.05, 0.1) is 20.4 Å². The number of carbonyl (C=O) groups is 2. The molecule has 0 spiro atoms. The van der Waals surface area contributed by atoms with Gasteiger partial charge in [-0.3, -0.25) is 9.59 Å². The third-order valence-electron chi connectivity index (χ3n) is 4.45. The van der Waals surface area contributed by atoms with Gasteiger partial charge in [0.15, 0.2) is 5.75 Å². The number of nitrogens with one attached hydrogen (secondary N) is 1. The summed E-state index contributed by atoms with van der Waals surface area (Å²) < 4.78 is 9.14. The summed E-state index contributed by atoms with van der Waals surface area (Å²) in [5.74, 6) is -0.334. The zero-order valence-corrected chi connectivity index (χ0v) is 25.4. The molecule has 0 radical (unpaired) electrons. The molecule has 1 heterocycles. The van der Waals surface area contributed by atoms with E-state index in [9.17, 15) is 14.7 Å². The Hall–Kier alpha value is -0.220. The monoisotopic (exact) mass is 908 g/mol. The molecular formula is C20H20I4N2O7. The maximum atomic E-state index is 10.9. The summed E-state index contributed by atoms with van der Waals surface area (Å²) >= 11 is 8.42. The highest BCUT2D eigenvalue weighted by atomic mass is 127. The molecule has 1 fully saturated rings. The largest absolute Gasteiger partial charge is 0.506 e. The van der Waals surface area contributed by atoms with Crippen molar-refractivity contribution in [3.8, 4) is 17.2 Å². The van der Waals surface area contributed by atoms with E-state index in [1.165, 1.54) is 0 Å². The molecule has 3 atom stereocenters. The lowest BCUT2D eigenvalue weighted by Gasteiger charge is -2.14. The van der Waals surface area contributed by atoms with Crippen molar-refractivity contribution in [2.24, 2.45) is 5.73 Å². The van der Waals surface area contributed by atoms with E-state index in [1.807, 2.05) is 12.1 Å². The molecule has 33 heavy (non-hydrogen) atoms. The number of aromatic hydroxyl groups is 1. The van der Waals surface area contributed by atoms with E-state index in [1.54, 1.807) is 12.1 Å². The zero-order valence-electron chi connectivity index (χ0n) is 16.8. The van der Waals surface area contributed by atoms with E-state index in [0.717, 1.165) is 12.7 Å². The molecule has 13 heteroatoms. The Morgan fingerprint density at radius 2 is 1.61 bits per heavy atom. The van der Waals surface area contributed by atoms with Gasteiger partial charge in [-0.25, -0.2) is 0 Å². The molecule has 7 N–H and O–H groups in total. The molecule has 0 bridgehead atoms. The molecule has 0 aliphatic carbocycles. The molecule has 9 nitrogen and oxygen atoms in total. The first-order chi connectivity index (χ1) is 15.4. The number of nitrogens with two attached hydrogens (primary N) is 1. The van der Waals surface area contributed by atoms with Crippen LogP contribution in [0.25, 0.3) is 0 Å². The molecule has 1 saturated heterocycles. The first-order valence-electron chi connectivity index (χ1n) is 9.35. The minimum Gasteiger partial charge on any atom is -0.506 e. The van der Waals surface area contributed by atoms with Crippen molar-refractivity contribution in [2.75, 3.05) is 6.54 Å². The number of halogens is 4. The van der Waals surface area contributed by atoms with Crippen LogP contribution in [-0.2, 0) is 16.0 Å². The highest BCUT2D eigenvalue weighted by Crippen LogP contribution is 2.36. The lowest BCUT2D eigenvalue weighted by atomic mass is 10.1. The summed E-state index contributed by atoms with van der Waals surface area (Å²) in [6, 6.07) is 5.80. The van der Waals surface area contributed by atoms with E-state index in [0.29, 0.717) is 31.6 Å². The van der Waals surface area contributed by atoms with Crippen LogP contribution in [0.1, 0.15) is 12.0 Å². The summed E-state index contributed by atoms with van der Waals surface area (Å²) in [5, 5.41) is 38.6. The average Bonchev–Trinajstić information content (AvgIpc) is 3.16. The number of ether oxygens (including phenoxy) is 1. The Kier molecular flexibility index (Phi) is 11.6. The number of phenolic OH excluding ortho intramolecular Hbond substituents is 1. The standard InChI is InChI=1S/C15H11I4NO4.C5H9NO3/c16-8-4-7(5-9(17)13(8)21)24-14-10(18)1-6(2-11(14)19)3-12(20)15(22)23;7-3-1-4(5(8)9)6-2-3/h1-2,4-5,12,21H,3,20H2,(H,22,23);3-4,6-7H,1-2H2,(H,8,9). The topological polar surface area (TPSA) is 162 Å².